The third-order valence-corrected chi connectivity index (χ3v) is 6.38. The molecule has 0 saturated carbocycles. The molecule has 2 aromatic heterocycles. The number of benzene rings is 2. The molecule has 0 bridgehead atoms. The predicted octanol–water partition coefficient (Wildman–Crippen LogP) is 5.63. The molecule has 3 heterocycles. The fourth-order valence-electron chi connectivity index (χ4n) is 4.47. The lowest BCUT2D eigenvalue weighted by Gasteiger charge is -2.17. The number of nitrogens with zero attached hydrogens (tertiary/aromatic N) is 3. The fourth-order valence-corrected chi connectivity index (χ4v) is 4.47. The SMILES string of the molecule is Cc1ccc(C)n1-c1ccc(OCc2ccc(C(=O)NN=Cc3ccc(N4CCCC4)cc3)o2)cc1. The van der Waals surface area contributed by atoms with E-state index in [9.17, 15) is 4.79 Å². The standard InChI is InChI=1S/C29H30N4O3/c1-21-5-6-22(2)33(21)25-11-13-26(14-12-25)35-20-27-15-16-28(36-27)29(34)31-30-19-23-7-9-24(10-8-23)32-17-3-4-18-32/h5-16,19H,3-4,17-18,20H2,1-2H3,(H,31,34). The summed E-state index contributed by atoms with van der Waals surface area (Å²) < 4.78 is 13.7. The molecule has 0 atom stereocenters. The van der Waals surface area contributed by atoms with Crippen LogP contribution >= 0.6 is 0 Å². The number of furan rings is 1. The van der Waals surface area contributed by atoms with Gasteiger partial charge in [0.25, 0.3) is 0 Å². The van der Waals surface area contributed by atoms with Gasteiger partial charge >= 0.3 is 5.91 Å². The van der Waals surface area contributed by atoms with Crippen molar-refractivity contribution in [3.63, 3.8) is 0 Å². The van der Waals surface area contributed by atoms with Crippen LogP contribution in [0, 0.1) is 13.8 Å². The van der Waals surface area contributed by atoms with Crippen LogP contribution in [-0.2, 0) is 6.61 Å². The molecule has 0 spiro atoms. The first-order chi connectivity index (χ1) is 17.6. The number of nitrogens with one attached hydrogen (secondary N) is 1. The van der Waals surface area contributed by atoms with Gasteiger partial charge in [0.05, 0.1) is 6.21 Å². The van der Waals surface area contributed by atoms with E-state index in [2.05, 4.69) is 58.1 Å². The molecule has 1 aliphatic heterocycles. The van der Waals surface area contributed by atoms with Gasteiger partial charge in [0, 0.05) is 35.9 Å². The van der Waals surface area contributed by atoms with Crippen LogP contribution in [0.25, 0.3) is 5.69 Å². The highest BCUT2D eigenvalue weighted by Gasteiger charge is 2.13. The minimum Gasteiger partial charge on any atom is -0.486 e. The second-order valence-electron chi connectivity index (χ2n) is 8.98. The highest BCUT2D eigenvalue weighted by molar-refractivity contribution is 5.92. The average Bonchev–Trinajstić information content (AvgIpc) is 3.66. The molecule has 2 aromatic carbocycles. The van der Waals surface area contributed by atoms with E-state index in [0.717, 1.165) is 30.1 Å². The van der Waals surface area contributed by atoms with Gasteiger partial charge in [-0.3, -0.25) is 4.79 Å². The van der Waals surface area contributed by atoms with Crippen LogP contribution in [0.4, 0.5) is 5.69 Å². The van der Waals surface area contributed by atoms with Crippen molar-refractivity contribution in [2.24, 2.45) is 5.10 Å². The second kappa shape index (κ2) is 10.6. The highest BCUT2D eigenvalue weighted by atomic mass is 16.5. The van der Waals surface area contributed by atoms with Crippen molar-refractivity contribution in [1.82, 2.24) is 9.99 Å². The van der Waals surface area contributed by atoms with Gasteiger partial charge in [-0.05, 0) is 92.9 Å². The lowest BCUT2D eigenvalue weighted by molar-refractivity contribution is 0.0923. The van der Waals surface area contributed by atoms with Gasteiger partial charge in [0.1, 0.15) is 18.1 Å². The number of anilines is 1. The second-order valence-corrected chi connectivity index (χ2v) is 8.98. The van der Waals surface area contributed by atoms with Crippen molar-refractivity contribution < 1.29 is 13.9 Å². The van der Waals surface area contributed by atoms with E-state index < -0.39 is 5.91 Å². The largest absolute Gasteiger partial charge is 0.486 e. The number of rotatable bonds is 8. The molecule has 1 amide bonds. The molecule has 7 heteroatoms. The van der Waals surface area contributed by atoms with Crippen LogP contribution in [0.2, 0.25) is 0 Å². The number of hydrazone groups is 1. The number of ether oxygens (including phenoxy) is 1. The normalized spacial score (nSPS) is 13.4. The maximum absolute atomic E-state index is 12.4. The summed E-state index contributed by atoms with van der Waals surface area (Å²) in [5.41, 5.74) is 8.11. The summed E-state index contributed by atoms with van der Waals surface area (Å²) in [4.78, 5) is 14.8. The number of hydrogen-bond acceptors (Lipinski definition) is 5. The molecule has 184 valence electrons. The fraction of sp³-hybridized carbons (Fsp3) is 0.241. The maximum atomic E-state index is 12.4. The van der Waals surface area contributed by atoms with Gasteiger partial charge in [-0.2, -0.15) is 5.10 Å². The van der Waals surface area contributed by atoms with Crippen LogP contribution < -0.4 is 15.1 Å². The Morgan fingerprint density at radius 3 is 2.28 bits per heavy atom. The number of amides is 1. The van der Waals surface area contributed by atoms with Crippen LogP contribution in [0.5, 0.6) is 5.75 Å². The van der Waals surface area contributed by atoms with Crippen LogP contribution in [0.1, 0.15) is 46.1 Å². The molecule has 0 aliphatic carbocycles. The zero-order valence-corrected chi connectivity index (χ0v) is 20.6. The van der Waals surface area contributed by atoms with E-state index >= 15 is 0 Å². The van der Waals surface area contributed by atoms with Crippen molar-refractivity contribution in [2.75, 3.05) is 18.0 Å². The van der Waals surface area contributed by atoms with Crippen LogP contribution in [0.15, 0.2) is 82.3 Å². The van der Waals surface area contributed by atoms with Crippen molar-refractivity contribution in [3.8, 4) is 11.4 Å². The van der Waals surface area contributed by atoms with Gasteiger partial charge in [-0.25, -0.2) is 5.43 Å². The molecule has 1 fully saturated rings. The Morgan fingerprint density at radius 2 is 1.58 bits per heavy atom. The quantitative estimate of drug-likeness (QED) is 0.261. The first kappa shape index (κ1) is 23.5. The molecular formula is C29H30N4O3. The number of carbonyl (C=O) groups excluding carboxylic acids is 1. The number of aryl methyl sites for hydroxylation is 2. The average molecular weight is 483 g/mol. The number of aromatic nitrogens is 1. The monoisotopic (exact) mass is 482 g/mol. The highest BCUT2D eigenvalue weighted by Crippen LogP contribution is 2.21. The summed E-state index contributed by atoms with van der Waals surface area (Å²) >= 11 is 0. The van der Waals surface area contributed by atoms with Gasteiger partial charge < -0.3 is 18.6 Å². The Labute approximate surface area is 211 Å². The number of hydrogen-bond donors (Lipinski definition) is 1. The molecule has 0 radical (unpaired) electrons. The summed E-state index contributed by atoms with van der Waals surface area (Å²) in [7, 11) is 0. The van der Waals surface area contributed by atoms with Gasteiger partial charge in [-0.1, -0.05) is 12.1 Å². The van der Waals surface area contributed by atoms with Crippen molar-refractivity contribution in [2.45, 2.75) is 33.3 Å². The van der Waals surface area contributed by atoms with Gasteiger partial charge in [0.15, 0.2) is 5.76 Å². The van der Waals surface area contributed by atoms with E-state index in [1.807, 2.05) is 36.4 Å². The van der Waals surface area contributed by atoms with E-state index in [4.69, 9.17) is 9.15 Å². The lowest BCUT2D eigenvalue weighted by atomic mass is 10.2. The lowest BCUT2D eigenvalue weighted by Crippen LogP contribution is -2.17. The van der Waals surface area contributed by atoms with E-state index in [-0.39, 0.29) is 12.4 Å². The Morgan fingerprint density at radius 1 is 0.917 bits per heavy atom. The van der Waals surface area contributed by atoms with E-state index in [1.54, 1.807) is 18.3 Å². The molecule has 4 aromatic rings. The molecular weight excluding hydrogens is 452 g/mol. The molecule has 0 unspecified atom stereocenters. The Bertz CT molecular complexity index is 1320. The van der Waals surface area contributed by atoms with E-state index in [0.29, 0.717) is 5.76 Å². The smallest absolute Gasteiger partial charge is 0.307 e. The van der Waals surface area contributed by atoms with Crippen LogP contribution in [0.3, 0.4) is 0 Å². The summed E-state index contributed by atoms with van der Waals surface area (Å²) in [6.07, 6.45) is 4.12. The number of carbonyl (C=O) groups is 1. The first-order valence-corrected chi connectivity index (χ1v) is 12.2. The summed E-state index contributed by atoms with van der Waals surface area (Å²) in [5.74, 6) is 1.06. The molecule has 1 aliphatic rings. The Kier molecular flexibility index (Phi) is 6.89. The molecule has 1 N–H and O–H groups in total. The summed E-state index contributed by atoms with van der Waals surface area (Å²) in [6, 6.07) is 23.6. The first-order valence-electron chi connectivity index (χ1n) is 12.2. The molecule has 1 saturated heterocycles. The van der Waals surface area contributed by atoms with E-state index in [1.165, 1.54) is 29.9 Å². The van der Waals surface area contributed by atoms with Crippen molar-refractivity contribution in [3.05, 3.63) is 101 Å². The van der Waals surface area contributed by atoms with Crippen molar-refractivity contribution >= 4 is 17.8 Å². The van der Waals surface area contributed by atoms with Gasteiger partial charge in [0.2, 0.25) is 0 Å². The summed E-state index contributed by atoms with van der Waals surface area (Å²) in [5, 5.41) is 4.06. The molecule has 36 heavy (non-hydrogen) atoms. The van der Waals surface area contributed by atoms with Crippen LogP contribution in [-0.4, -0.2) is 29.8 Å². The third-order valence-electron chi connectivity index (χ3n) is 6.38. The predicted molar refractivity (Wildman–Crippen MR) is 141 cm³/mol. The summed E-state index contributed by atoms with van der Waals surface area (Å²) in [6.45, 7) is 6.61. The zero-order valence-electron chi connectivity index (χ0n) is 20.6. The third kappa shape index (κ3) is 5.35. The van der Waals surface area contributed by atoms with Crippen molar-refractivity contribution in [1.29, 1.82) is 0 Å². The minimum absolute atomic E-state index is 0.184. The Balaban J connectivity index is 1.11. The van der Waals surface area contributed by atoms with Gasteiger partial charge in [-0.15, -0.1) is 0 Å². The minimum atomic E-state index is -0.409. The molecule has 5 rings (SSSR count). The maximum Gasteiger partial charge on any atom is 0.307 e. The topological polar surface area (TPSA) is 72.0 Å². The molecule has 7 nitrogen and oxygen atoms in total. The zero-order chi connectivity index (χ0) is 24.9. The Hall–Kier alpha value is -4.26.